The molecule has 1 fully saturated rings. The topological polar surface area (TPSA) is 78.5 Å². The summed E-state index contributed by atoms with van der Waals surface area (Å²) < 4.78 is 44.5. The van der Waals surface area contributed by atoms with Gasteiger partial charge >= 0.3 is 0 Å². The number of amides is 1. The van der Waals surface area contributed by atoms with Crippen molar-refractivity contribution < 1.29 is 32.9 Å². The van der Waals surface area contributed by atoms with E-state index in [0.717, 1.165) is 27.9 Å². The molecule has 5 rings (SSSR count). The Labute approximate surface area is 259 Å². The lowest BCUT2D eigenvalue weighted by atomic mass is 9.91. The quantitative estimate of drug-likeness (QED) is 0.289. The first-order valence-corrected chi connectivity index (χ1v) is 14.9. The zero-order chi connectivity index (χ0) is 32.0. The van der Waals surface area contributed by atoms with Crippen molar-refractivity contribution in [1.82, 2.24) is 0 Å². The highest BCUT2D eigenvalue weighted by Crippen LogP contribution is 2.45. The normalized spacial score (nSPS) is 20.0. The molecule has 0 radical (unpaired) electrons. The molecule has 8 nitrogen and oxygen atoms in total. The van der Waals surface area contributed by atoms with Gasteiger partial charge in [-0.15, -0.1) is 0 Å². The second kappa shape index (κ2) is 11.6. The number of rotatable bonds is 8. The minimum atomic E-state index is -0.782. The van der Waals surface area contributed by atoms with E-state index in [0.29, 0.717) is 36.0 Å². The average Bonchev–Trinajstić information content (AvgIpc) is 2.93. The number of nitrogens with one attached hydrogen (secondary N) is 1. The van der Waals surface area contributed by atoms with Gasteiger partial charge in [-0.25, -0.2) is 4.39 Å². The second-order valence-corrected chi connectivity index (χ2v) is 13.2. The van der Waals surface area contributed by atoms with Crippen molar-refractivity contribution >= 4 is 17.3 Å². The Bertz CT molecular complexity index is 1550. The van der Waals surface area contributed by atoms with Crippen LogP contribution in [0.15, 0.2) is 48.5 Å². The van der Waals surface area contributed by atoms with E-state index in [1.165, 1.54) is 12.1 Å². The van der Waals surface area contributed by atoms with Crippen molar-refractivity contribution in [2.45, 2.75) is 84.5 Å². The van der Waals surface area contributed by atoms with Crippen molar-refractivity contribution in [3.63, 3.8) is 0 Å². The van der Waals surface area contributed by atoms with Crippen LogP contribution in [-0.2, 0) is 20.9 Å². The van der Waals surface area contributed by atoms with Crippen LogP contribution in [0.4, 0.5) is 15.8 Å². The van der Waals surface area contributed by atoms with Crippen molar-refractivity contribution in [2.75, 3.05) is 31.0 Å². The Balaban J connectivity index is 1.50. The minimum Gasteiger partial charge on any atom is -0.496 e. The summed E-state index contributed by atoms with van der Waals surface area (Å²) in [4.78, 5) is 15.0. The predicted octanol–water partition coefficient (Wildman–Crippen LogP) is 7.25. The van der Waals surface area contributed by atoms with Gasteiger partial charge in [0.25, 0.3) is 5.91 Å². The van der Waals surface area contributed by atoms with Gasteiger partial charge in [-0.2, -0.15) is 0 Å². The fourth-order valence-electron chi connectivity index (χ4n) is 6.30. The van der Waals surface area contributed by atoms with Crippen LogP contribution < -0.4 is 24.4 Å². The number of ether oxygens (including phenoxy) is 5. The van der Waals surface area contributed by atoms with Crippen LogP contribution in [0.25, 0.3) is 11.1 Å². The van der Waals surface area contributed by atoms with E-state index in [4.69, 9.17) is 23.7 Å². The Kier molecular flexibility index (Phi) is 8.33. The van der Waals surface area contributed by atoms with Crippen LogP contribution in [0, 0.1) is 12.7 Å². The maximum atomic E-state index is 14.1. The number of methoxy groups -OCH3 is 1. The molecule has 1 atom stereocenters. The van der Waals surface area contributed by atoms with Gasteiger partial charge in [0.15, 0.2) is 5.79 Å². The summed E-state index contributed by atoms with van der Waals surface area (Å²) in [6, 6.07) is 14.1. The fraction of sp³-hybridized carbons (Fsp3) is 0.457. The van der Waals surface area contributed by atoms with E-state index in [2.05, 4.69) is 19.2 Å². The van der Waals surface area contributed by atoms with E-state index < -0.39 is 11.3 Å². The molecule has 2 aliphatic rings. The number of likely N-dealkylation sites (N-methyl/N-ethyl adjacent to an activating group) is 1. The molecule has 0 spiro atoms. The standard InChI is InChI=1S/C35H43FN2O6/c1-21-10-11-22(36)16-29(21)42-20-27-25(14-15-28-31(27)38(8)32(39)34(4,5)37-28)26-13-12-23(17-30(26)40-9)41-19-24-18-33(2,3)44-35(6,7)43-24/h10-17,24,37H,18-20H2,1-9H3. The number of hydrogen-bond donors (Lipinski definition) is 1. The number of carbonyl (C=O) groups is 1. The van der Waals surface area contributed by atoms with Gasteiger partial charge < -0.3 is 33.9 Å². The second-order valence-electron chi connectivity index (χ2n) is 13.2. The number of hydrogen-bond acceptors (Lipinski definition) is 7. The summed E-state index contributed by atoms with van der Waals surface area (Å²) in [5.41, 5.74) is 3.58. The Morgan fingerprint density at radius 2 is 1.70 bits per heavy atom. The molecule has 2 aliphatic heterocycles. The zero-order valence-corrected chi connectivity index (χ0v) is 27.1. The highest BCUT2D eigenvalue weighted by molar-refractivity contribution is 6.08. The van der Waals surface area contributed by atoms with Crippen molar-refractivity contribution in [1.29, 1.82) is 0 Å². The van der Waals surface area contributed by atoms with Crippen molar-refractivity contribution in [2.24, 2.45) is 0 Å². The number of anilines is 2. The Morgan fingerprint density at radius 3 is 2.41 bits per heavy atom. The first-order chi connectivity index (χ1) is 20.6. The van der Waals surface area contributed by atoms with E-state index >= 15 is 0 Å². The van der Waals surface area contributed by atoms with Crippen molar-refractivity contribution in [3.05, 3.63) is 65.5 Å². The Hall–Kier alpha value is -3.82. The van der Waals surface area contributed by atoms with Crippen LogP contribution in [-0.4, -0.2) is 49.7 Å². The summed E-state index contributed by atoms with van der Waals surface area (Å²) in [5, 5.41) is 3.37. The average molecular weight is 607 g/mol. The maximum Gasteiger partial charge on any atom is 0.251 e. The molecule has 236 valence electrons. The van der Waals surface area contributed by atoms with Gasteiger partial charge in [-0.05, 0) is 83.9 Å². The summed E-state index contributed by atoms with van der Waals surface area (Å²) in [6.45, 7) is 14.0. The zero-order valence-electron chi connectivity index (χ0n) is 27.1. The van der Waals surface area contributed by atoms with Gasteiger partial charge in [0.1, 0.15) is 41.8 Å². The van der Waals surface area contributed by atoms with Crippen LogP contribution in [0.3, 0.4) is 0 Å². The lowest BCUT2D eigenvalue weighted by molar-refractivity contribution is -0.327. The third-order valence-electron chi connectivity index (χ3n) is 8.02. The van der Waals surface area contributed by atoms with Gasteiger partial charge in [0.2, 0.25) is 0 Å². The van der Waals surface area contributed by atoms with Crippen LogP contribution >= 0.6 is 0 Å². The monoisotopic (exact) mass is 606 g/mol. The number of halogens is 1. The SMILES string of the molecule is COc1cc(OCC2CC(C)(C)OC(C)(C)O2)ccc1-c1ccc2c(c1COc1cc(F)ccc1C)N(C)C(=O)C(C)(C)N2. The molecular weight excluding hydrogens is 563 g/mol. The third-order valence-corrected chi connectivity index (χ3v) is 8.02. The molecule has 44 heavy (non-hydrogen) atoms. The molecule has 3 aromatic carbocycles. The highest BCUT2D eigenvalue weighted by Gasteiger charge is 2.41. The summed E-state index contributed by atoms with van der Waals surface area (Å²) >= 11 is 0. The van der Waals surface area contributed by atoms with E-state index in [1.54, 1.807) is 25.1 Å². The van der Waals surface area contributed by atoms with Gasteiger partial charge in [-0.3, -0.25) is 4.79 Å². The molecule has 2 heterocycles. The smallest absolute Gasteiger partial charge is 0.251 e. The Morgan fingerprint density at radius 1 is 0.977 bits per heavy atom. The number of benzene rings is 3. The molecular formula is C35H43FN2O6. The first-order valence-electron chi connectivity index (χ1n) is 14.9. The van der Waals surface area contributed by atoms with Crippen LogP contribution in [0.5, 0.6) is 17.2 Å². The summed E-state index contributed by atoms with van der Waals surface area (Å²) in [6.07, 6.45) is 0.561. The number of aryl methyl sites for hydroxylation is 1. The molecule has 0 saturated carbocycles. The fourth-order valence-corrected chi connectivity index (χ4v) is 6.30. The van der Waals surface area contributed by atoms with Crippen molar-refractivity contribution in [3.8, 4) is 28.4 Å². The largest absolute Gasteiger partial charge is 0.496 e. The number of nitrogens with zero attached hydrogens (tertiary/aromatic N) is 1. The molecule has 1 unspecified atom stereocenters. The van der Waals surface area contributed by atoms with E-state index in [-0.39, 0.29) is 30.0 Å². The van der Waals surface area contributed by atoms with Gasteiger partial charge in [-0.1, -0.05) is 12.1 Å². The van der Waals surface area contributed by atoms with Crippen LogP contribution in [0.1, 0.15) is 59.1 Å². The predicted molar refractivity (Wildman–Crippen MR) is 169 cm³/mol. The molecule has 0 bridgehead atoms. The summed E-state index contributed by atoms with van der Waals surface area (Å²) in [7, 11) is 3.37. The molecule has 9 heteroatoms. The molecule has 3 aromatic rings. The summed E-state index contributed by atoms with van der Waals surface area (Å²) in [5.74, 6) is 0.500. The third kappa shape index (κ3) is 6.49. The van der Waals surface area contributed by atoms with Crippen LogP contribution in [0.2, 0.25) is 0 Å². The first kappa shape index (κ1) is 31.6. The van der Waals surface area contributed by atoms with E-state index in [1.807, 2.05) is 65.0 Å². The van der Waals surface area contributed by atoms with Gasteiger partial charge in [0.05, 0.1) is 30.2 Å². The molecule has 1 N–H and O–H groups in total. The highest BCUT2D eigenvalue weighted by atomic mass is 19.1. The van der Waals surface area contributed by atoms with Gasteiger partial charge in [0, 0.05) is 36.7 Å². The number of carbonyl (C=O) groups excluding carboxylic acids is 1. The molecule has 0 aliphatic carbocycles. The number of fused-ring (bicyclic) bond motifs is 1. The lowest BCUT2D eigenvalue weighted by Crippen LogP contribution is -2.52. The lowest BCUT2D eigenvalue weighted by Gasteiger charge is -2.45. The maximum absolute atomic E-state index is 14.1. The molecule has 0 aromatic heterocycles. The minimum absolute atomic E-state index is 0.0808. The molecule has 1 amide bonds. The molecule has 1 saturated heterocycles. The van der Waals surface area contributed by atoms with E-state index in [9.17, 15) is 9.18 Å².